The van der Waals surface area contributed by atoms with Crippen LogP contribution in [0.4, 0.5) is 0 Å². The lowest BCUT2D eigenvalue weighted by molar-refractivity contribution is 0.414. The van der Waals surface area contributed by atoms with E-state index in [1.807, 2.05) is 6.92 Å². The molecule has 0 aliphatic carbocycles. The van der Waals surface area contributed by atoms with Gasteiger partial charge >= 0.3 is 0 Å². The lowest BCUT2D eigenvalue weighted by atomic mass is 10.2. The Morgan fingerprint density at radius 2 is 1.90 bits per heavy atom. The molecular weight excluding hydrogens is 333 g/mol. The SMILES string of the molecule is Cc1ccc(S(=O)(=O)N2CC=C3C(Cl)=NC(Cl)=NC32)cc1. The summed E-state index contributed by atoms with van der Waals surface area (Å²) in [5.41, 5.74) is 1.56. The van der Waals surface area contributed by atoms with Gasteiger partial charge in [0.1, 0.15) is 11.3 Å². The van der Waals surface area contributed by atoms with Crippen molar-refractivity contribution in [2.75, 3.05) is 6.54 Å². The predicted octanol–water partition coefficient (Wildman–Crippen LogP) is 2.50. The maximum Gasteiger partial charge on any atom is 0.245 e. The Hall–Kier alpha value is -1.21. The lowest BCUT2D eigenvalue weighted by Gasteiger charge is -2.24. The van der Waals surface area contributed by atoms with Gasteiger partial charge in [0.25, 0.3) is 0 Å². The maximum atomic E-state index is 12.7. The third kappa shape index (κ3) is 2.53. The number of amidine groups is 1. The van der Waals surface area contributed by atoms with Crippen LogP contribution < -0.4 is 0 Å². The van der Waals surface area contributed by atoms with Crippen LogP contribution in [0.2, 0.25) is 0 Å². The summed E-state index contributed by atoms with van der Waals surface area (Å²) in [6.45, 7) is 2.09. The van der Waals surface area contributed by atoms with Crippen molar-refractivity contribution < 1.29 is 8.42 Å². The van der Waals surface area contributed by atoms with Crippen molar-refractivity contribution in [3.05, 3.63) is 41.5 Å². The molecule has 1 aromatic carbocycles. The number of benzene rings is 1. The first-order valence-corrected chi connectivity index (χ1v) is 8.35. The van der Waals surface area contributed by atoms with Crippen molar-refractivity contribution in [3.8, 4) is 0 Å². The third-order valence-corrected chi connectivity index (χ3v) is 5.65. The Morgan fingerprint density at radius 3 is 2.57 bits per heavy atom. The molecule has 1 atom stereocenters. The summed E-state index contributed by atoms with van der Waals surface area (Å²) in [6.07, 6.45) is 0.962. The largest absolute Gasteiger partial charge is 0.245 e. The molecule has 0 N–H and O–H groups in total. The van der Waals surface area contributed by atoms with Gasteiger partial charge in [-0.25, -0.2) is 18.4 Å². The van der Waals surface area contributed by atoms with E-state index in [0.717, 1.165) is 5.56 Å². The molecule has 110 valence electrons. The monoisotopic (exact) mass is 343 g/mol. The van der Waals surface area contributed by atoms with E-state index < -0.39 is 16.2 Å². The average molecular weight is 344 g/mol. The third-order valence-electron chi connectivity index (χ3n) is 3.33. The molecule has 0 saturated heterocycles. The normalized spacial score (nSPS) is 22.4. The number of fused-ring (bicyclic) bond motifs is 1. The highest BCUT2D eigenvalue weighted by atomic mass is 35.5. The summed E-state index contributed by atoms with van der Waals surface area (Å²) in [6, 6.07) is 6.66. The Morgan fingerprint density at radius 1 is 1.24 bits per heavy atom. The molecule has 3 rings (SSSR count). The molecule has 8 heteroatoms. The summed E-state index contributed by atoms with van der Waals surface area (Å²) in [4.78, 5) is 8.12. The second-order valence-electron chi connectivity index (χ2n) is 4.72. The van der Waals surface area contributed by atoms with Gasteiger partial charge in [-0.1, -0.05) is 35.4 Å². The van der Waals surface area contributed by atoms with Crippen molar-refractivity contribution in [1.29, 1.82) is 0 Å². The van der Waals surface area contributed by atoms with Crippen molar-refractivity contribution in [2.24, 2.45) is 9.98 Å². The predicted molar refractivity (Wildman–Crippen MR) is 83.5 cm³/mol. The van der Waals surface area contributed by atoms with Crippen LogP contribution in [0.1, 0.15) is 5.56 Å². The number of aryl methyl sites for hydroxylation is 1. The highest BCUT2D eigenvalue weighted by Gasteiger charge is 2.40. The van der Waals surface area contributed by atoms with Crippen LogP contribution >= 0.6 is 23.2 Å². The molecule has 2 heterocycles. The van der Waals surface area contributed by atoms with E-state index in [1.54, 1.807) is 30.3 Å². The van der Waals surface area contributed by atoms with E-state index in [4.69, 9.17) is 23.2 Å². The Kier molecular flexibility index (Phi) is 3.65. The standard InChI is InChI=1S/C13H11Cl2N3O2S/c1-8-2-4-9(5-3-8)21(19,20)18-7-6-10-11(14)16-13(15)17-12(10)18/h2-6,12H,7H2,1H3. The first-order valence-electron chi connectivity index (χ1n) is 6.16. The van der Waals surface area contributed by atoms with E-state index >= 15 is 0 Å². The van der Waals surface area contributed by atoms with Crippen LogP contribution in [0.5, 0.6) is 0 Å². The Bertz CT molecular complexity index is 782. The second-order valence-corrected chi connectivity index (χ2v) is 7.31. The summed E-state index contributed by atoms with van der Waals surface area (Å²) < 4.78 is 26.7. The fourth-order valence-corrected chi connectivity index (χ4v) is 4.14. The van der Waals surface area contributed by atoms with E-state index in [1.165, 1.54) is 4.31 Å². The van der Waals surface area contributed by atoms with E-state index in [-0.39, 0.29) is 21.9 Å². The number of halogens is 2. The molecular formula is C13H11Cl2N3O2S. The van der Waals surface area contributed by atoms with Gasteiger partial charge in [0, 0.05) is 12.1 Å². The molecule has 0 aromatic heterocycles. The molecule has 0 amide bonds. The quantitative estimate of drug-likeness (QED) is 0.774. The van der Waals surface area contributed by atoms with Crippen molar-refractivity contribution >= 4 is 43.7 Å². The van der Waals surface area contributed by atoms with Gasteiger partial charge in [-0.3, -0.25) is 0 Å². The van der Waals surface area contributed by atoms with Crippen LogP contribution in [-0.2, 0) is 10.0 Å². The zero-order valence-corrected chi connectivity index (χ0v) is 13.3. The zero-order chi connectivity index (χ0) is 15.2. The smallest absolute Gasteiger partial charge is 0.231 e. The highest BCUT2D eigenvalue weighted by Crippen LogP contribution is 2.31. The molecule has 0 bridgehead atoms. The number of aliphatic imine (C=N–C) groups is 2. The topological polar surface area (TPSA) is 62.1 Å². The van der Waals surface area contributed by atoms with Crippen LogP contribution in [0.3, 0.4) is 0 Å². The molecule has 0 spiro atoms. The van der Waals surface area contributed by atoms with Gasteiger partial charge in [0.15, 0.2) is 0 Å². The lowest BCUT2D eigenvalue weighted by Crippen LogP contribution is -2.38. The maximum absolute atomic E-state index is 12.7. The molecule has 1 aromatic rings. The summed E-state index contributed by atoms with van der Waals surface area (Å²) in [5, 5.41) is 0.134. The molecule has 0 fully saturated rings. The van der Waals surface area contributed by atoms with E-state index in [0.29, 0.717) is 5.57 Å². The molecule has 0 radical (unpaired) electrons. The molecule has 2 aliphatic heterocycles. The molecule has 5 nitrogen and oxygen atoms in total. The minimum absolute atomic E-state index is 0.0480. The van der Waals surface area contributed by atoms with Gasteiger partial charge in [-0.05, 0) is 30.7 Å². The fourth-order valence-electron chi connectivity index (χ4n) is 2.22. The molecule has 1 unspecified atom stereocenters. The Balaban J connectivity index is 1.99. The molecule has 0 saturated carbocycles. The first-order chi connectivity index (χ1) is 9.89. The van der Waals surface area contributed by atoms with Crippen molar-refractivity contribution in [2.45, 2.75) is 18.0 Å². The van der Waals surface area contributed by atoms with Crippen LogP contribution in [0, 0.1) is 6.92 Å². The van der Waals surface area contributed by atoms with Crippen LogP contribution in [0.15, 0.2) is 50.8 Å². The number of hydrogen-bond donors (Lipinski definition) is 0. The minimum Gasteiger partial charge on any atom is -0.231 e. The number of hydrogen-bond acceptors (Lipinski definition) is 4. The van der Waals surface area contributed by atoms with Gasteiger partial charge < -0.3 is 0 Å². The van der Waals surface area contributed by atoms with Crippen molar-refractivity contribution in [1.82, 2.24) is 4.31 Å². The average Bonchev–Trinajstić information content (AvgIpc) is 2.83. The fraction of sp³-hybridized carbons (Fsp3) is 0.231. The van der Waals surface area contributed by atoms with Crippen LogP contribution in [-0.4, -0.2) is 35.9 Å². The second kappa shape index (κ2) is 5.21. The summed E-state index contributed by atoms with van der Waals surface area (Å²) in [5.74, 6) is 0. The summed E-state index contributed by atoms with van der Waals surface area (Å²) >= 11 is 11.8. The molecule has 21 heavy (non-hydrogen) atoms. The Labute approximate surface area is 132 Å². The first kappa shape index (κ1) is 14.7. The van der Waals surface area contributed by atoms with E-state index in [2.05, 4.69) is 9.98 Å². The van der Waals surface area contributed by atoms with Gasteiger partial charge in [0.2, 0.25) is 15.3 Å². The van der Waals surface area contributed by atoms with Gasteiger partial charge in [-0.15, -0.1) is 0 Å². The van der Waals surface area contributed by atoms with Crippen LogP contribution in [0.25, 0.3) is 0 Å². The zero-order valence-electron chi connectivity index (χ0n) is 11.0. The number of nitrogens with zero attached hydrogens (tertiary/aromatic N) is 3. The van der Waals surface area contributed by atoms with E-state index in [9.17, 15) is 8.42 Å². The summed E-state index contributed by atoms with van der Waals surface area (Å²) in [7, 11) is -3.67. The van der Waals surface area contributed by atoms with Crippen molar-refractivity contribution in [3.63, 3.8) is 0 Å². The van der Waals surface area contributed by atoms with Gasteiger partial charge in [-0.2, -0.15) is 4.31 Å². The molecule has 2 aliphatic rings. The highest BCUT2D eigenvalue weighted by molar-refractivity contribution is 7.89. The number of sulfonamides is 1. The number of rotatable bonds is 2. The van der Waals surface area contributed by atoms with Gasteiger partial charge in [0.05, 0.1) is 4.90 Å². The minimum atomic E-state index is -3.67.